The van der Waals surface area contributed by atoms with Crippen LogP contribution in [0.15, 0.2) is 46.9 Å². The van der Waals surface area contributed by atoms with Gasteiger partial charge in [0.2, 0.25) is 18.6 Å². The molecule has 8 heteroatoms. The largest absolute Gasteiger partial charge is 0.454 e. The number of hydrogen-bond donors (Lipinski definition) is 0. The molecule has 2 aromatic carbocycles. The van der Waals surface area contributed by atoms with Crippen LogP contribution in [-0.2, 0) is 0 Å². The van der Waals surface area contributed by atoms with Crippen LogP contribution in [-0.4, -0.2) is 23.6 Å². The summed E-state index contributed by atoms with van der Waals surface area (Å²) in [6.07, 6.45) is 3.36. The molecule has 26 heavy (non-hydrogen) atoms. The Morgan fingerprint density at radius 3 is 2.58 bits per heavy atom. The molecule has 4 rings (SSSR count). The van der Waals surface area contributed by atoms with Crippen molar-refractivity contribution < 1.29 is 27.4 Å². The minimum Gasteiger partial charge on any atom is -0.454 e. The molecule has 0 amide bonds. The predicted molar refractivity (Wildman–Crippen MR) is 87.9 cm³/mol. The molecule has 0 spiro atoms. The van der Waals surface area contributed by atoms with E-state index in [9.17, 15) is 8.78 Å². The Kier molecular flexibility index (Phi) is 4.22. The average molecular weight is 358 g/mol. The van der Waals surface area contributed by atoms with E-state index in [0.29, 0.717) is 23.3 Å². The van der Waals surface area contributed by atoms with Gasteiger partial charge in [0, 0.05) is 11.6 Å². The Labute approximate surface area is 146 Å². The van der Waals surface area contributed by atoms with E-state index in [2.05, 4.69) is 14.9 Å². The first kappa shape index (κ1) is 16.1. The number of rotatable bonds is 5. The second-order valence-electron chi connectivity index (χ2n) is 5.29. The molecule has 0 fully saturated rings. The lowest BCUT2D eigenvalue weighted by Crippen LogP contribution is -2.01. The zero-order valence-corrected chi connectivity index (χ0v) is 13.3. The Morgan fingerprint density at radius 2 is 1.77 bits per heavy atom. The third kappa shape index (κ3) is 3.49. The van der Waals surface area contributed by atoms with Gasteiger partial charge in [-0.25, -0.2) is 0 Å². The van der Waals surface area contributed by atoms with Gasteiger partial charge in [-0.1, -0.05) is 12.1 Å². The van der Waals surface area contributed by atoms with Gasteiger partial charge in [0.1, 0.15) is 5.75 Å². The molecule has 0 N–H and O–H groups in total. The van der Waals surface area contributed by atoms with Crippen molar-refractivity contribution in [3.63, 3.8) is 0 Å². The molecule has 0 bridgehead atoms. The van der Waals surface area contributed by atoms with E-state index in [-0.39, 0.29) is 12.5 Å². The highest BCUT2D eigenvalue weighted by Gasteiger charge is 2.16. The summed E-state index contributed by atoms with van der Waals surface area (Å²) >= 11 is 0. The summed E-state index contributed by atoms with van der Waals surface area (Å²) in [6, 6.07) is 11.5. The van der Waals surface area contributed by atoms with E-state index >= 15 is 0 Å². The van der Waals surface area contributed by atoms with Gasteiger partial charge in [-0.05, 0) is 42.0 Å². The molecule has 2 heterocycles. The lowest BCUT2D eigenvalue weighted by Gasteiger charge is -2.03. The number of alkyl halides is 2. The highest BCUT2D eigenvalue weighted by atomic mass is 19.3. The summed E-state index contributed by atoms with van der Waals surface area (Å²) < 4.78 is 44.7. The number of fused-ring (bicyclic) bond motifs is 1. The molecule has 1 aliphatic heterocycles. The maximum Gasteiger partial charge on any atom is 0.387 e. The molecular formula is C18H12F2N2O4. The zero-order chi connectivity index (χ0) is 17.9. The van der Waals surface area contributed by atoms with Gasteiger partial charge in [0.25, 0.3) is 0 Å². The first-order valence-electron chi connectivity index (χ1n) is 7.64. The number of nitrogens with zero attached hydrogens (tertiary/aromatic N) is 2. The maximum absolute atomic E-state index is 12.1. The molecule has 0 atom stereocenters. The van der Waals surface area contributed by atoms with Gasteiger partial charge >= 0.3 is 6.61 Å². The molecule has 0 saturated heterocycles. The molecule has 6 nitrogen and oxygen atoms in total. The van der Waals surface area contributed by atoms with Crippen LogP contribution in [0, 0.1) is 0 Å². The van der Waals surface area contributed by atoms with Gasteiger partial charge in [0.05, 0.1) is 0 Å². The molecular weight excluding hydrogens is 346 g/mol. The molecule has 1 aromatic heterocycles. The van der Waals surface area contributed by atoms with Gasteiger partial charge in [0.15, 0.2) is 11.5 Å². The van der Waals surface area contributed by atoms with Crippen molar-refractivity contribution in [1.82, 2.24) is 10.2 Å². The van der Waals surface area contributed by atoms with E-state index in [0.717, 1.165) is 11.1 Å². The smallest absolute Gasteiger partial charge is 0.387 e. The second-order valence-corrected chi connectivity index (χ2v) is 5.29. The molecule has 0 saturated carbocycles. The highest BCUT2D eigenvalue weighted by molar-refractivity contribution is 5.67. The maximum atomic E-state index is 12.1. The molecule has 132 valence electrons. The van der Waals surface area contributed by atoms with Gasteiger partial charge in [-0.2, -0.15) is 8.78 Å². The molecule has 3 aromatic rings. The Morgan fingerprint density at radius 1 is 0.962 bits per heavy atom. The highest BCUT2D eigenvalue weighted by Crippen LogP contribution is 2.35. The number of hydrogen-bond acceptors (Lipinski definition) is 6. The Bertz CT molecular complexity index is 939. The monoisotopic (exact) mass is 358 g/mol. The van der Waals surface area contributed by atoms with Crippen LogP contribution in [0.25, 0.3) is 23.6 Å². The summed E-state index contributed by atoms with van der Waals surface area (Å²) in [7, 11) is 0. The fourth-order valence-corrected chi connectivity index (χ4v) is 2.38. The first-order valence-corrected chi connectivity index (χ1v) is 7.64. The molecule has 0 radical (unpaired) electrons. The van der Waals surface area contributed by atoms with E-state index < -0.39 is 6.61 Å². The topological polar surface area (TPSA) is 66.6 Å². The van der Waals surface area contributed by atoms with Crippen molar-refractivity contribution >= 4 is 12.2 Å². The number of benzene rings is 2. The fraction of sp³-hybridized carbons (Fsp3) is 0.111. The van der Waals surface area contributed by atoms with E-state index in [1.54, 1.807) is 42.5 Å². The summed E-state index contributed by atoms with van der Waals surface area (Å²) in [5.41, 5.74) is 1.49. The van der Waals surface area contributed by atoms with Crippen molar-refractivity contribution in [2.24, 2.45) is 0 Å². The summed E-state index contributed by atoms with van der Waals surface area (Å²) in [6.45, 7) is -2.65. The number of aromatic nitrogens is 2. The van der Waals surface area contributed by atoms with Crippen molar-refractivity contribution in [1.29, 1.82) is 0 Å². The van der Waals surface area contributed by atoms with Crippen LogP contribution in [0.5, 0.6) is 17.2 Å². The van der Waals surface area contributed by atoms with E-state index in [1.165, 1.54) is 12.1 Å². The van der Waals surface area contributed by atoms with Gasteiger partial charge in [-0.3, -0.25) is 0 Å². The van der Waals surface area contributed by atoms with Gasteiger partial charge in [-0.15, -0.1) is 10.2 Å². The van der Waals surface area contributed by atoms with Crippen molar-refractivity contribution in [3.8, 4) is 28.7 Å². The average Bonchev–Trinajstić information content (AvgIpc) is 3.29. The Balaban J connectivity index is 1.47. The lowest BCUT2D eigenvalue weighted by molar-refractivity contribution is -0.0498. The summed E-state index contributed by atoms with van der Waals surface area (Å²) in [5.74, 6) is 2.06. The molecule has 0 unspecified atom stereocenters. The van der Waals surface area contributed by atoms with E-state index in [1.807, 2.05) is 0 Å². The summed E-state index contributed by atoms with van der Waals surface area (Å²) in [4.78, 5) is 0. The van der Waals surface area contributed by atoms with Crippen LogP contribution < -0.4 is 14.2 Å². The van der Waals surface area contributed by atoms with E-state index in [4.69, 9.17) is 13.9 Å². The predicted octanol–water partition coefficient (Wildman–Crippen LogP) is 4.24. The number of halogens is 2. The summed E-state index contributed by atoms with van der Waals surface area (Å²) in [5, 5.41) is 7.96. The third-order valence-corrected chi connectivity index (χ3v) is 3.58. The minimum atomic E-state index is -2.84. The second kappa shape index (κ2) is 6.83. The zero-order valence-electron chi connectivity index (χ0n) is 13.3. The Hall–Kier alpha value is -3.42. The standard InChI is InChI=1S/C18H12F2N2O4/c19-18(20)25-13-5-1-11(2-6-13)3-8-16-21-22-17(26-16)12-4-7-14-15(9-12)24-10-23-14/h1-9,18H,10H2/b8-3-. The lowest BCUT2D eigenvalue weighted by atomic mass is 10.2. The van der Waals surface area contributed by atoms with Crippen LogP contribution in [0.3, 0.4) is 0 Å². The molecule has 0 aliphatic carbocycles. The van der Waals surface area contributed by atoms with Crippen LogP contribution in [0.4, 0.5) is 8.78 Å². The van der Waals surface area contributed by atoms with Crippen molar-refractivity contribution in [2.45, 2.75) is 6.61 Å². The SMILES string of the molecule is FC(F)Oc1ccc(/C=C\c2nnc(-c3ccc4c(c3)OCO4)o2)cc1. The van der Waals surface area contributed by atoms with Crippen LogP contribution >= 0.6 is 0 Å². The molecule has 1 aliphatic rings. The third-order valence-electron chi connectivity index (χ3n) is 3.58. The quantitative estimate of drug-likeness (QED) is 0.680. The van der Waals surface area contributed by atoms with Gasteiger partial charge < -0.3 is 18.6 Å². The normalized spacial score (nSPS) is 12.9. The van der Waals surface area contributed by atoms with Crippen LogP contribution in [0.1, 0.15) is 11.5 Å². The minimum absolute atomic E-state index is 0.0973. The first-order chi connectivity index (χ1) is 12.7. The fourth-order valence-electron chi connectivity index (χ4n) is 2.38. The number of ether oxygens (including phenoxy) is 3. The van der Waals surface area contributed by atoms with Crippen LogP contribution in [0.2, 0.25) is 0 Å². The van der Waals surface area contributed by atoms with Crippen molar-refractivity contribution in [2.75, 3.05) is 6.79 Å². The van der Waals surface area contributed by atoms with Crippen molar-refractivity contribution in [3.05, 3.63) is 53.9 Å².